The van der Waals surface area contributed by atoms with Crippen molar-refractivity contribution in [2.75, 3.05) is 11.4 Å². The molecule has 0 bridgehead atoms. The van der Waals surface area contributed by atoms with E-state index < -0.39 is 11.6 Å². The van der Waals surface area contributed by atoms with Gasteiger partial charge >= 0.3 is 0 Å². The minimum absolute atomic E-state index is 0.0529. The second-order valence-corrected chi connectivity index (χ2v) is 6.32. The maximum atomic E-state index is 14.0. The van der Waals surface area contributed by atoms with Gasteiger partial charge in [0.2, 0.25) is 17.6 Å². The van der Waals surface area contributed by atoms with E-state index in [4.69, 9.17) is 4.52 Å². The van der Waals surface area contributed by atoms with E-state index in [1.165, 1.54) is 11.0 Å². The van der Waals surface area contributed by atoms with Gasteiger partial charge in [-0.25, -0.2) is 8.78 Å². The van der Waals surface area contributed by atoms with E-state index in [1.807, 2.05) is 31.2 Å². The van der Waals surface area contributed by atoms with Gasteiger partial charge in [-0.2, -0.15) is 4.98 Å². The van der Waals surface area contributed by atoms with Crippen LogP contribution < -0.4 is 4.90 Å². The van der Waals surface area contributed by atoms with Crippen LogP contribution in [0.5, 0.6) is 0 Å². The number of hydrogen-bond acceptors (Lipinski definition) is 4. The highest BCUT2D eigenvalue weighted by molar-refractivity contribution is 5.96. The Labute approximate surface area is 148 Å². The van der Waals surface area contributed by atoms with Crippen LogP contribution in [0.15, 0.2) is 47.0 Å². The van der Waals surface area contributed by atoms with Gasteiger partial charge in [0, 0.05) is 24.6 Å². The summed E-state index contributed by atoms with van der Waals surface area (Å²) in [4.78, 5) is 18.0. The Kier molecular flexibility index (Phi) is 3.99. The topological polar surface area (TPSA) is 59.2 Å². The van der Waals surface area contributed by atoms with Crippen molar-refractivity contribution in [2.45, 2.75) is 19.3 Å². The van der Waals surface area contributed by atoms with Crippen LogP contribution in [0.3, 0.4) is 0 Å². The number of benzene rings is 2. The summed E-state index contributed by atoms with van der Waals surface area (Å²) < 4.78 is 32.4. The van der Waals surface area contributed by atoms with Crippen molar-refractivity contribution in [3.63, 3.8) is 0 Å². The van der Waals surface area contributed by atoms with E-state index in [0.29, 0.717) is 11.7 Å². The van der Waals surface area contributed by atoms with Crippen molar-refractivity contribution in [1.82, 2.24) is 10.1 Å². The molecule has 1 atom stereocenters. The third-order valence-corrected chi connectivity index (χ3v) is 4.43. The first-order valence-electron chi connectivity index (χ1n) is 8.17. The van der Waals surface area contributed by atoms with Crippen LogP contribution in [0.25, 0.3) is 11.4 Å². The quantitative estimate of drug-likeness (QED) is 0.716. The monoisotopic (exact) mass is 355 g/mol. The zero-order valence-electron chi connectivity index (χ0n) is 13.9. The van der Waals surface area contributed by atoms with E-state index in [1.54, 1.807) is 0 Å². The number of aryl methyl sites for hydroxylation is 1. The average molecular weight is 355 g/mol. The summed E-state index contributed by atoms with van der Waals surface area (Å²) in [6.45, 7) is 2.19. The Balaban J connectivity index is 1.56. The highest BCUT2D eigenvalue weighted by Gasteiger charge is 2.36. The highest BCUT2D eigenvalue weighted by atomic mass is 19.1. The molecule has 1 aliphatic rings. The van der Waals surface area contributed by atoms with Gasteiger partial charge in [-0.15, -0.1) is 0 Å². The van der Waals surface area contributed by atoms with E-state index >= 15 is 0 Å². The normalized spacial score (nSPS) is 17.1. The number of hydrogen-bond donors (Lipinski definition) is 0. The number of amides is 1. The van der Waals surface area contributed by atoms with Crippen molar-refractivity contribution in [2.24, 2.45) is 0 Å². The zero-order chi connectivity index (χ0) is 18.3. The maximum Gasteiger partial charge on any atom is 0.232 e. The first-order valence-corrected chi connectivity index (χ1v) is 8.17. The van der Waals surface area contributed by atoms with Crippen LogP contribution in [0.4, 0.5) is 14.5 Å². The fourth-order valence-corrected chi connectivity index (χ4v) is 3.03. The molecule has 1 unspecified atom stereocenters. The average Bonchev–Trinajstić information content (AvgIpc) is 3.23. The first-order chi connectivity index (χ1) is 12.5. The Morgan fingerprint density at radius 1 is 1.15 bits per heavy atom. The summed E-state index contributed by atoms with van der Waals surface area (Å²) in [7, 11) is 0. The third-order valence-electron chi connectivity index (χ3n) is 4.43. The van der Waals surface area contributed by atoms with Gasteiger partial charge in [0.05, 0.1) is 11.6 Å². The summed E-state index contributed by atoms with van der Waals surface area (Å²) in [6.07, 6.45) is 0.131. The number of anilines is 1. The van der Waals surface area contributed by atoms with Gasteiger partial charge < -0.3 is 9.42 Å². The molecule has 1 aliphatic heterocycles. The molecule has 0 radical (unpaired) electrons. The summed E-state index contributed by atoms with van der Waals surface area (Å²) in [6, 6.07) is 10.8. The lowest BCUT2D eigenvalue weighted by molar-refractivity contribution is -0.117. The molecule has 1 amide bonds. The molecule has 26 heavy (non-hydrogen) atoms. The maximum absolute atomic E-state index is 14.0. The summed E-state index contributed by atoms with van der Waals surface area (Å²) >= 11 is 0. The van der Waals surface area contributed by atoms with E-state index in [2.05, 4.69) is 10.1 Å². The van der Waals surface area contributed by atoms with Crippen LogP contribution in [0, 0.1) is 18.6 Å². The molecule has 1 aromatic heterocycles. The lowest BCUT2D eigenvalue weighted by Gasteiger charge is -2.16. The summed E-state index contributed by atoms with van der Waals surface area (Å²) in [5.41, 5.74) is 1.99. The molecule has 2 heterocycles. The fraction of sp³-hybridized carbons (Fsp3) is 0.211. The van der Waals surface area contributed by atoms with Crippen LogP contribution >= 0.6 is 0 Å². The lowest BCUT2D eigenvalue weighted by atomic mass is 10.1. The molecule has 1 saturated heterocycles. The number of halogens is 2. The molecule has 0 N–H and O–H groups in total. The molecule has 3 aromatic rings. The molecule has 0 saturated carbocycles. The molecule has 7 heteroatoms. The minimum atomic E-state index is -0.773. The molecule has 2 aromatic carbocycles. The number of carbonyl (C=O) groups excluding carboxylic acids is 1. The van der Waals surface area contributed by atoms with E-state index in [-0.39, 0.29) is 30.5 Å². The van der Waals surface area contributed by atoms with Crippen molar-refractivity contribution < 1.29 is 18.1 Å². The Bertz CT molecular complexity index is 969. The van der Waals surface area contributed by atoms with E-state index in [0.717, 1.165) is 23.3 Å². The number of aromatic nitrogens is 2. The smallest absolute Gasteiger partial charge is 0.232 e. The Hall–Kier alpha value is -3.09. The minimum Gasteiger partial charge on any atom is -0.339 e. The molecule has 0 spiro atoms. The Morgan fingerprint density at radius 2 is 1.92 bits per heavy atom. The van der Waals surface area contributed by atoms with E-state index in [9.17, 15) is 13.6 Å². The van der Waals surface area contributed by atoms with Crippen LogP contribution in [0.1, 0.15) is 23.8 Å². The van der Waals surface area contributed by atoms with Gasteiger partial charge in [0.15, 0.2) is 0 Å². The molecule has 4 rings (SSSR count). The SMILES string of the molecule is Cc1ccc(-c2noc(C3CC(=O)N(c4ccc(F)cc4F)C3)n2)cc1. The highest BCUT2D eigenvalue weighted by Crippen LogP contribution is 2.33. The number of nitrogens with zero attached hydrogens (tertiary/aromatic N) is 3. The van der Waals surface area contributed by atoms with Crippen molar-refractivity contribution in [1.29, 1.82) is 0 Å². The molecule has 5 nitrogen and oxygen atoms in total. The third kappa shape index (κ3) is 2.96. The van der Waals surface area contributed by atoms with Gasteiger partial charge in [0.25, 0.3) is 0 Å². The zero-order valence-corrected chi connectivity index (χ0v) is 13.9. The van der Waals surface area contributed by atoms with Crippen molar-refractivity contribution in [3.8, 4) is 11.4 Å². The summed E-state index contributed by atoms with van der Waals surface area (Å²) in [5.74, 6) is -1.29. The molecular formula is C19H15F2N3O2. The Morgan fingerprint density at radius 3 is 2.65 bits per heavy atom. The predicted molar refractivity (Wildman–Crippen MR) is 90.5 cm³/mol. The standard InChI is InChI=1S/C19H15F2N3O2/c1-11-2-4-12(5-3-11)18-22-19(26-23-18)13-8-17(25)24(10-13)16-7-6-14(20)9-15(16)21/h2-7,9,13H,8,10H2,1H3. The van der Waals surface area contributed by atoms with Gasteiger partial charge in [-0.1, -0.05) is 35.0 Å². The first kappa shape index (κ1) is 16.4. The number of rotatable bonds is 3. The lowest BCUT2D eigenvalue weighted by Crippen LogP contribution is -2.25. The van der Waals surface area contributed by atoms with Crippen LogP contribution in [-0.4, -0.2) is 22.6 Å². The number of carbonyl (C=O) groups is 1. The van der Waals surface area contributed by atoms with Gasteiger partial charge in [-0.3, -0.25) is 4.79 Å². The van der Waals surface area contributed by atoms with Crippen LogP contribution in [0.2, 0.25) is 0 Å². The summed E-state index contributed by atoms with van der Waals surface area (Å²) in [5, 5.41) is 3.97. The largest absolute Gasteiger partial charge is 0.339 e. The van der Waals surface area contributed by atoms with Gasteiger partial charge in [0.1, 0.15) is 11.6 Å². The second-order valence-electron chi connectivity index (χ2n) is 6.32. The molecule has 132 valence electrons. The second kappa shape index (κ2) is 6.33. The molecule has 0 aliphatic carbocycles. The molecule has 1 fully saturated rings. The van der Waals surface area contributed by atoms with Crippen molar-refractivity contribution >= 4 is 11.6 Å². The predicted octanol–water partition coefficient (Wildman–Crippen LogP) is 3.84. The molecular weight excluding hydrogens is 340 g/mol. The van der Waals surface area contributed by atoms with Gasteiger partial charge in [-0.05, 0) is 19.1 Å². The van der Waals surface area contributed by atoms with Crippen LogP contribution in [-0.2, 0) is 4.79 Å². The van der Waals surface area contributed by atoms with Crippen molar-refractivity contribution in [3.05, 3.63) is 65.6 Å². The fourth-order valence-electron chi connectivity index (χ4n) is 3.03.